The number of ether oxygens (including phenoxy) is 3. The third kappa shape index (κ3) is 4.64. The van der Waals surface area contributed by atoms with Gasteiger partial charge in [0, 0.05) is 31.3 Å². The van der Waals surface area contributed by atoms with Crippen molar-refractivity contribution < 1.29 is 14.2 Å². The Morgan fingerprint density at radius 3 is 2.48 bits per heavy atom. The van der Waals surface area contributed by atoms with Crippen LogP contribution in [0.2, 0.25) is 0 Å². The lowest BCUT2D eigenvalue weighted by Gasteiger charge is -2.28. The molecule has 0 N–H and O–H groups in total. The zero-order valence-corrected chi connectivity index (χ0v) is 19.7. The summed E-state index contributed by atoms with van der Waals surface area (Å²) in [6.07, 6.45) is 3.36. The van der Waals surface area contributed by atoms with E-state index in [-0.39, 0.29) is 0 Å². The van der Waals surface area contributed by atoms with E-state index in [9.17, 15) is 0 Å². The summed E-state index contributed by atoms with van der Waals surface area (Å²) >= 11 is 0. The Morgan fingerprint density at radius 2 is 1.70 bits per heavy atom. The molecule has 0 atom stereocenters. The maximum Gasteiger partial charge on any atom is 0.127 e. The van der Waals surface area contributed by atoms with Crippen LogP contribution in [-0.2, 0) is 30.7 Å². The molecule has 5 rings (SSSR count). The average Bonchev–Trinajstić information content (AvgIpc) is 3.36. The third-order valence-electron chi connectivity index (χ3n) is 7.06. The van der Waals surface area contributed by atoms with Gasteiger partial charge in [-0.25, -0.2) is 0 Å². The first kappa shape index (κ1) is 22.0. The Hall–Kier alpha value is -2.82. The van der Waals surface area contributed by atoms with Crippen LogP contribution < -0.4 is 9.47 Å². The molecular formula is C29H33NO3. The minimum absolute atomic E-state index is 0.560. The minimum Gasteiger partial charge on any atom is -0.496 e. The van der Waals surface area contributed by atoms with Crippen molar-refractivity contribution in [2.45, 2.75) is 39.3 Å². The van der Waals surface area contributed by atoms with E-state index in [1.54, 1.807) is 7.11 Å². The zero-order chi connectivity index (χ0) is 22.6. The van der Waals surface area contributed by atoms with Crippen LogP contribution in [0.15, 0.2) is 54.6 Å². The highest BCUT2D eigenvalue weighted by atomic mass is 16.5. The number of benzene rings is 3. The second-order valence-electron chi connectivity index (χ2n) is 9.00. The summed E-state index contributed by atoms with van der Waals surface area (Å²) in [4.78, 5) is 2.47. The molecule has 0 radical (unpaired) electrons. The number of nitrogens with zero attached hydrogens (tertiary/aromatic N) is 1. The Kier molecular flexibility index (Phi) is 6.65. The fourth-order valence-electron chi connectivity index (χ4n) is 5.18. The van der Waals surface area contributed by atoms with Gasteiger partial charge in [0.2, 0.25) is 0 Å². The predicted octanol–water partition coefficient (Wildman–Crippen LogP) is 5.57. The standard InChI is InChI=1S/C29H33NO3/c1-21-23(10-6-11-24(21)22-8-4-3-5-9-22)20-33-29-18-28(31-2)27(25-12-7-13-26(25)29)19-30-14-16-32-17-15-30/h3-6,8-11,18H,7,12-17,19-20H2,1-2H3. The Morgan fingerprint density at radius 1 is 0.909 bits per heavy atom. The highest BCUT2D eigenvalue weighted by molar-refractivity contribution is 5.68. The first-order valence-electron chi connectivity index (χ1n) is 12.0. The number of fused-ring (bicyclic) bond motifs is 1. The largest absolute Gasteiger partial charge is 0.496 e. The summed E-state index contributed by atoms with van der Waals surface area (Å²) in [5, 5.41) is 0. The van der Waals surface area contributed by atoms with E-state index in [0.717, 1.165) is 57.2 Å². The minimum atomic E-state index is 0.560. The first-order valence-corrected chi connectivity index (χ1v) is 12.0. The Balaban J connectivity index is 1.40. The highest BCUT2D eigenvalue weighted by Crippen LogP contribution is 2.40. The summed E-state index contributed by atoms with van der Waals surface area (Å²) in [6, 6.07) is 19.2. The van der Waals surface area contributed by atoms with Gasteiger partial charge in [-0.3, -0.25) is 4.90 Å². The van der Waals surface area contributed by atoms with Crippen molar-refractivity contribution in [1.82, 2.24) is 4.90 Å². The highest BCUT2D eigenvalue weighted by Gasteiger charge is 2.25. The van der Waals surface area contributed by atoms with Crippen LogP contribution >= 0.6 is 0 Å². The molecule has 1 saturated heterocycles. The fraction of sp³-hybridized carbons (Fsp3) is 0.379. The number of hydrogen-bond donors (Lipinski definition) is 0. The van der Waals surface area contributed by atoms with Crippen LogP contribution in [0.5, 0.6) is 11.5 Å². The van der Waals surface area contributed by atoms with Crippen LogP contribution in [0.4, 0.5) is 0 Å². The van der Waals surface area contributed by atoms with E-state index in [1.807, 2.05) is 0 Å². The number of rotatable bonds is 7. The molecule has 2 aliphatic rings. The van der Waals surface area contributed by atoms with Gasteiger partial charge in [-0.15, -0.1) is 0 Å². The average molecular weight is 444 g/mol. The van der Waals surface area contributed by atoms with Crippen LogP contribution in [0.25, 0.3) is 11.1 Å². The summed E-state index contributed by atoms with van der Waals surface area (Å²) in [6.45, 7) is 7.26. The van der Waals surface area contributed by atoms with E-state index in [2.05, 4.69) is 66.4 Å². The lowest BCUT2D eigenvalue weighted by molar-refractivity contribution is 0.0337. The van der Waals surface area contributed by atoms with Crippen LogP contribution in [-0.4, -0.2) is 38.3 Å². The van der Waals surface area contributed by atoms with Gasteiger partial charge in [-0.05, 0) is 59.6 Å². The van der Waals surface area contributed by atoms with Crippen molar-refractivity contribution in [3.63, 3.8) is 0 Å². The summed E-state index contributed by atoms with van der Waals surface area (Å²) in [5.74, 6) is 1.93. The van der Waals surface area contributed by atoms with Crippen LogP contribution in [0.1, 0.15) is 34.2 Å². The second kappa shape index (κ2) is 9.98. The van der Waals surface area contributed by atoms with Gasteiger partial charge in [0.1, 0.15) is 18.1 Å². The predicted molar refractivity (Wildman–Crippen MR) is 132 cm³/mol. The smallest absolute Gasteiger partial charge is 0.127 e. The Labute approximate surface area is 197 Å². The maximum absolute atomic E-state index is 6.48. The van der Waals surface area contributed by atoms with E-state index in [4.69, 9.17) is 14.2 Å². The van der Waals surface area contributed by atoms with Gasteiger partial charge in [-0.2, -0.15) is 0 Å². The van der Waals surface area contributed by atoms with Crippen molar-refractivity contribution in [2.75, 3.05) is 33.4 Å². The Bertz CT molecular complexity index is 1100. The molecular weight excluding hydrogens is 410 g/mol. The van der Waals surface area contributed by atoms with Crippen molar-refractivity contribution in [1.29, 1.82) is 0 Å². The molecule has 0 saturated carbocycles. The van der Waals surface area contributed by atoms with E-state index >= 15 is 0 Å². The molecule has 172 valence electrons. The number of methoxy groups -OCH3 is 1. The molecule has 0 bridgehead atoms. The first-order chi connectivity index (χ1) is 16.2. The molecule has 4 nitrogen and oxygen atoms in total. The summed E-state index contributed by atoms with van der Waals surface area (Å²) in [7, 11) is 1.77. The van der Waals surface area contributed by atoms with E-state index in [1.165, 1.54) is 45.4 Å². The van der Waals surface area contributed by atoms with Gasteiger partial charge in [-0.1, -0.05) is 48.5 Å². The third-order valence-corrected chi connectivity index (χ3v) is 7.06. The van der Waals surface area contributed by atoms with Crippen molar-refractivity contribution in [3.05, 3.63) is 82.4 Å². The molecule has 0 unspecified atom stereocenters. The SMILES string of the molecule is COc1cc(OCc2cccc(-c3ccccc3)c2C)c2c(c1CN1CCOCC1)CCC2. The van der Waals surface area contributed by atoms with E-state index in [0.29, 0.717) is 6.61 Å². The van der Waals surface area contributed by atoms with Crippen molar-refractivity contribution in [3.8, 4) is 22.6 Å². The lowest BCUT2D eigenvalue weighted by Crippen LogP contribution is -2.36. The molecule has 3 aromatic rings. The molecule has 4 heteroatoms. The van der Waals surface area contributed by atoms with Gasteiger partial charge in [0.05, 0.1) is 20.3 Å². The lowest BCUT2D eigenvalue weighted by atomic mass is 9.97. The van der Waals surface area contributed by atoms with E-state index < -0.39 is 0 Å². The summed E-state index contributed by atoms with van der Waals surface area (Å²) < 4.78 is 17.9. The summed E-state index contributed by atoms with van der Waals surface area (Å²) in [5.41, 5.74) is 9.14. The fourth-order valence-corrected chi connectivity index (χ4v) is 5.18. The second-order valence-corrected chi connectivity index (χ2v) is 9.00. The topological polar surface area (TPSA) is 30.9 Å². The molecule has 1 aliphatic heterocycles. The van der Waals surface area contributed by atoms with Crippen molar-refractivity contribution >= 4 is 0 Å². The van der Waals surface area contributed by atoms with Crippen LogP contribution in [0.3, 0.4) is 0 Å². The molecule has 1 heterocycles. The number of hydrogen-bond acceptors (Lipinski definition) is 4. The van der Waals surface area contributed by atoms with Gasteiger partial charge in [0.25, 0.3) is 0 Å². The van der Waals surface area contributed by atoms with Crippen molar-refractivity contribution in [2.24, 2.45) is 0 Å². The quantitative estimate of drug-likeness (QED) is 0.478. The molecule has 1 aliphatic carbocycles. The van der Waals surface area contributed by atoms with Gasteiger partial charge >= 0.3 is 0 Å². The number of morpholine rings is 1. The normalized spacial score (nSPS) is 15.9. The molecule has 0 spiro atoms. The molecule has 1 fully saturated rings. The van der Waals surface area contributed by atoms with Gasteiger partial charge < -0.3 is 14.2 Å². The monoisotopic (exact) mass is 443 g/mol. The van der Waals surface area contributed by atoms with Gasteiger partial charge in [0.15, 0.2) is 0 Å². The van der Waals surface area contributed by atoms with Crippen LogP contribution in [0, 0.1) is 6.92 Å². The molecule has 3 aromatic carbocycles. The maximum atomic E-state index is 6.48. The molecule has 33 heavy (non-hydrogen) atoms. The molecule has 0 aromatic heterocycles. The zero-order valence-electron chi connectivity index (χ0n) is 19.7. The molecule has 0 amide bonds.